The van der Waals surface area contributed by atoms with Crippen molar-refractivity contribution >= 4 is 33.6 Å². The fourth-order valence-electron chi connectivity index (χ4n) is 2.77. The topological polar surface area (TPSA) is 98.8 Å². The van der Waals surface area contributed by atoms with Crippen LogP contribution >= 0.6 is 11.6 Å². The molecular weight excluding hydrogens is 392 g/mol. The van der Waals surface area contributed by atoms with Crippen molar-refractivity contribution in [3.63, 3.8) is 0 Å². The van der Waals surface area contributed by atoms with Gasteiger partial charge in [0.2, 0.25) is 15.9 Å². The summed E-state index contributed by atoms with van der Waals surface area (Å²) in [5.41, 5.74) is 0. The van der Waals surface area contributed by atoms with Crippen LogP contribution in [-0.4, -0.2) is 67.8 Å². The van der Waals surface area contributed by atoms with E-state index in [9.17, 15) is 18.0 Å². The molecule has 10 heteroatoms. The standard InChI is InChI=1S/C17H25ClN4O4S/c1-12(2)19-17(24)20-16(23)13(3)21-8-10-22(11-9-21)27(25,26)15-6-4-14(18)5-7-15/h4-7,12-13H,8-11H2,1-3H3,(H2,19,20,23,24)/t13-/m1/s1. The van der Waals surface area contributed by atoms with Gasteiger partial charge < -0.3 is 5.32 Å². The number of carbonyl (C=O) groups is 2. The van der Waals surface area contributed by atoms with Gasteiger partial charge in [0.1, 0.15) is 0 Å². The summed E-state index contributed by atoms with van der Waals surface area (Å²) in [5.74, 6) is -0.415. The van der Waals surface area contributed by atoms with E-state index in [0.717, 1.165) is 0 Å². The predicted molar refractivity (Wildman–Crippen MR) is 103 cm³/mol. The molecule has 1 aromatic carbocycles. The molecule has 2 N–H and O–H groups in total. The molecule has 2 rings (SSSR count). The van der Waals surface area contributed by atoms with E-state index in [1.165, 1.54) is 16.4 Å². The maximum atomic E-state index is 12.7. The van der Waals surface area contributed by atoms with Crippen molar-refractivity contribution in [2.24, 2.45) is 0 Å². The van der Waals surface area contributed by atoms with Crippen LogP contribution in [0.5, 0.6) is 0 Å². The minimum atomic E-state index is -3.60. The van der Waals surface area contributed by atoms with Crippen LogP contribution < -0.4 is 10.6 Å². The molecule has 1 saturated heterocycles. The molecular formula is C17H25ClN4O4S. The van der Waals surface area contributed by atoms with Crippen LogP contribution in [0, 0.1) is 0 Å². The van der Waals surface area contributed by atoms with Crippen LogP contribution in [0.4, 0.5) is 4.79 Å². The van der Waals surface area contributed by atoms with Gasteiger partial charge in [0.05, 0.1) is 10.9 Å². The van der Waals surface area contributed by atoms with Crippen molar-refractivity contribution in [3.8, 4) is 0 Å². The molecule has 1 atom stereocenters. The first kappa shape index (κ1) is 21.6. The molecule has 150 valence electrons. The number of benzene rings is 1. The van der Waals surface area contributed by atoms with E-state index in [-0.39, 0.29) is 24.0 Å². The number of nitrogens with zero attached hydrogens (tertiary/aromatic N) is 2. The van der Waals surface area contributed by atoms with Crippen molar-refractivity contribution in [2.45, 2.75) is 37.8 Å². The minimum absolute atomic E-state index is 0.0743. The molecule has 0 bridgehead atoms. The lowest BCUT2D eigenvalue weighted by Crippen LogP contribution is -2.56. The Labute approximate surface area is 164 Å². The van der Waals surface area contributed by atoms with Crippen molar-refractivity contribution in [3.05, 3.63) is 29.3 Å². The number of sulfonamides is 1. The highest BCUT2D eigenvalue weighted by atomic mass is 35.5. The van der Waals surface area contributed by atoms with Gasteiger partial charge in [-0.1, -0.05) is 11.6 Å². The molecule has 1 heterocycles. The van der Waals surface area contributed by atoms with E-state index in [4.69, 9.17) is 11.6 Å². The van der Waals surface area contributed by atoms with Gasteiger partial charge in [0, 0.05) is 37.2 Å². The first-order chi connectivity index (χ1) is 12.6. The predicted octanol–water partition coefficient (Wildman–Crippen LogP) is 1.27. The van der Waals surface area contributed by atoms with Crippen LogP contribution in [0.25, 0.3) is 0 Å². The summed E-state index contributed by atoms with van der Waals surface area (Å²) in [6, 6.07) is 4.89. The van der Waals surface area contributed by atoms with E-state index < -0.39 is 28.0 Å². The third kappa shape index (κ3) is 5.65. The number of halogens is 1. The summed E-state index contributed by atoms with van der Waals surface area (Å²) in [4.78, 5) is 25.9. The summed E-state index contributed by atoms with van der Waals surface area (Å²) in [5, 5.41) is 5.37. The number of amides is 3. The average Bonchev–Trinajstić information content (AvgIpc) is 2.60. The van der Waals surface area contributed by atoms with Gasteiger partial charge in [-0.2, -0.15) is 4.31 Å². The number of hydrogen-bond donors (Lipinski definition) is 2. The Morgan fingerprint density at radius 3 is 2.11 bits per heavy atom. The number of carbonyl (C=O) groups excluding carboxylic acids is 2. The fraction of sp³-hybridized carbons (Fsp3) is 0.529. The number of rotatable bonds is 5. The molecule has 0 radical (unpaired) electrons. The molecule has 3 amide bonds. The highest BCUT2D eigenvalue weighted by Crippen LogP contribution is 2.20. The first-order valence-electron chi connectivity index (χ1n) is 8.72. The van der Waals surface area contributed by atoms with Crippen LogP contribution in [0.15, 0.2) is 29.2 Å². The second-order valence-electron chi connectivity index (χ2n) is 6.69. The van der Waals surface area contributed by atoms with E-state index in [1.807, 2.05) is 4.90 Å². The van der Waals surface area contributed by atoms with Gasteiger partial charge in [-0.25, -0.2) is 13.2 Å². The van der Waals surface area contributed by atoms with Crippen molar-refractivity contribution in [1.29, 1.82) is 0 Å². The fourth-order valence-corrected chi connectivity index (χ4v) is 4.32. The normalized spacial score (nSPS) is 17.5. The van der Waals surface area contributed by atoms with Gasteiger partial charge >= 0.3 is 6.03 Å². The highest BCUT2D eigenvalue weighted by molar-refractivity contribution is 7.89. The minimum Gasteiger partial charge on any atom is -0.336 e. The van der Waals surface area contributed by atoms with E-state index in [0.29, 0.717) is 18.1 Å². The van der Waals surface area contributed by atoms with Crippen molar-refractivity contribution < 1.29 is 18.0 Å². The average molecular weight is 417 g/mol. The molecule has 1 aliphatic heterocycles. The first-order valence-corrected chi connectivity index (χ1v) is 10.5. The number of hydrogen-bond acceptors (Lipinski definition) is 5. The van der Waals surface area contributed by atoms with Crippen LogP contribution in [0.1, 0.15) is 20.8 Å². The zero-order valence-electron chi connectivity index (χ0n) is 15.6. The Kier molecular flexibility index (Phi) is 7.21. The van der Waals surface area contributed by atoms with Gasteiger partial charge in [0.25, 0.3) is 0 Å². The summed E-state index contributed by atoms with van der Waals surface area (Å²) in [6.07, 6.45) is 0. The SMILES string of the molecule is CC(C)NC(=O)NC(=O)[C@@H](C)N1CCN(S(=O)(=O)c2ccc(Cl)cc2)CC1. The molecule has 0 spiro atoms. The summed E-state index contributed by atoms with van der Waals surface area (Å²) in [6.45, 7) is 6.62. The smallest absolute Gasteiger partial charge is 0.321 e. The molecule has 8 nitrogen and oxygen atoms in total. The Hall–Kier alpha value is -1.68. The Balaban J connectivity index is 1.93. The quantitative estimate of drug-likeness (QED) is 0.753. The largest absolute Gasteiger partial charge is 0.336 e. The van der Waals surface area contributed by atoms with E-state index in [1.54, 1.807) is 32.9 Å². The van der Waals surface area contributed by atoms with Gasteiger partial charge in [-0.3, -0.25) is 15.0 Å². The number of piperazine rings is 1. The number of urea groups is 1. The van der Waals surface area contributed by atoms with Crippen LogP contribution in [0.2, 0.25) is 5.02 Å². The van der Waals surface area contributed by atoms with Crippen LogP contribution in [0.3, 0.4) is 0 Å². The summed E-state index contributed by atoms with van der Waals surface area (Å²) < 4.78 is 26.8. The Morgan fingerprint density at radius 1 is 1.04 bits per heavy atom. The number of nitrogens with one attached hydrogen (secondary N) is 2. The van der Waals surface area contributed by atoms with Gasteiger partial charge in [-0.15, -0.1) is 0 Å². The number of imide groups is 1. The van der Waals surface area contributed by atoms with Crippen molar-refractivity contribution in [1.82, 2.24) is 19.8 Å². The lowest BCUT2D eigenvalue weighted by Gasteiger charge is -2.36. The lowest BCUT2D eigenvalue weighted by atomic mass is 10.2. The zero-order valence-corrected chi connectivity index (χ0v) is 17.2. The molecule has 1 aliphatic rings. The molecule has 0 unspecified atom stereocenters. The van der Waals surface area contributed by atoms with Gasteiger partial charge in [0.15, 0.2) is 0 Å². The zero-order chi connectivity index (χ0) is 20.2. The summed E-state index contributed by atoms with van der Waals surface area (Å²) in [7, 11) is -3.60. The molecule has 1 aromatic rings. The second kappa shape index (κ2) is 9.01. The Bertz CT molecular complexity index is 775. The lowest BCUT2D eigenvalue weighted by molar-refractivity contribution is -0.125. The molecule has 27 heavy (non-hydrogen) atoms. The molecule has 0 aliphatic carbocycles. The Morgan fingerprint density at radius 2 is 1.59 bits per heavy atom. The van der Waals surface area contributed by atoms with Crippen molar-refractivity contribution in [2.75, 3.05) is 26.2 Å². The third-order valence-corrected chi connectivity index (χ3v) is 6.47. The maximum absolute atomic E-state index is 12.7. The molecule has 0 saturated carbocycles. The van der Waals surface area contributed by atoms with Crippen LogP contribution in [-0.2, 0) is 14.8 Å². The highest BCUT2D eigenvalue weighted by Gasteiger charge is 2.32. The van der Waals surface area contributed by atoms with E-state index >= 15 is 0 Å². The molecule has 0 aromatic heterocycles. The molecule has 1 fully saturated rings. The maximum Gasteiger partial charge on any atom is 0.321 e. The second-order valence-corrected chi connectivity index (χ2v) is 9.06. The third-order valence-electron chi connectivity index (χ3n) is 4.31. The monoisotopic (exact) mass is 416 g/mol. The van der Waals surface area contributed by atoms with E-state index in [2.05, 4.69) is 10.6 Å². The van der Waals surface area contributed by atoms with Gasteiger partial charge in [-0.05, 0) is 45.0 Å². The summed E-state index contributed by atoms with van der Waals surface area (Å²) >= 11 is 5.81.